The molecule has 0 radical (unpaired) electrons. The lowest BCUT2D eigenvalue weighted by Crippen LogP contribution is -2.37. The second-order valence-corrected chi connectivity index (χ2v) is 6.14. The Morgan fingerprint density at radius 1 is 1.43 bits per heavy atom. The quantitative estimate of drug-likeness (QED) is 0.895. The summed E-state index contributed by atoms with van der Waals surface area (Å²) >= 11 is 0. The Hall–Kier alpha value is -1.55. The summed E-state index contributed by atoms with van der Waals surface area (Å²) in [6.07, 6.45) is 4.39. The first-order valence-corrected chi connectivity index (χ1v) is 7.99. The Labute approximate surface area is 126 Å². The van der Waals surface area contributed by atoms with Gasteiger partial charge in [-0.05, 0) is 44.2 Å². The summed E-state index contributed by atoms with van der Waals surface area (Å²) in [5.74, 6) is 0.107. The molecule has 0 spiro atoms. The molecule has 1 aromatic rings. The van der Waals surface area contributed by atoms with Crippen molar-refractivity contribution in [1.82, 2.24) is 5.32 Å². The summed E-state index contributed by atoms with van der Waals surface area (Å²) in [5, 5.41) is 6.54. The van der Waals surface area contributed by atoms with E-state index in [1.165, 1.54) is 0 Å². The number of fused-ring (bicyclic) bond motifs is 1. The molecule has 3 unspecified atom stereocenters. The van der Waals surface area contributed by atoms with E-state index in [0.717, 1.165) is 43.5 Å². The minimum atomic E-state index is -0.0399. The molecule has 0 saturated carbocycles. The summed E-state index contributed by atoms with van der Waals surface area (Å²) in [4.78, 5) is 12.5. The van der Waals surface area contributed by atoms with Crippen molar-refractivity contribution < 1.29 is 9.53 Å². The maximum atomic E-state index is 12.5. The van der Waals surface area contributed by atoms with Crippen molar-refractivity contribution in [2.45, 2.75) is 50.7 Å². The zero-order valence-corrected chi connectivity index (χ0v) is 12.6. The molecule has 1 fully saturated rings. The third-order valence-corrected chi connectivity index (χ3v) is 4.43. The highest BCUT2D eigenvalue weighted by Gasteiger charge is 2.29. The van der Waals surface area contributed by atoms with Crippen molar-refractivity contribution in [2.75, 3.05) is 18.5 Å². The molecule has 4 nitrogen and oxygen atoms in total. The average Bonchev–Trinajstić information content (AvgIpc) is 2.99. The van der Waals surface area contributed by atoms with Gasteiger partial charge in [0.15, 0.2) is 0 Å². The fourth-order valence-electron chi connectivity index (χ4n) is 3.34. The van der Waals surface area contributed by atoms with E-state index in [2.05, 4.69) is 29.7 Å². The van der Waals surface area contributed by atoms with E-state index in [1.807, 2.05) is 12.1 Å². The van der Waals surface area contributed by atoms with Gasteiger partial charge in [0, 0.05) is 24.9 Å². The third-order valence-electron chi connectivity index (χ3n) is 4.43. The number of hydrogen-bond acceptors (Lipinski definition) is 3. The molecule has 114 valence electrons. The Balaban J connectivity index is 1.59. The van der Waals surface area contributed by atoms with Gasteiger partial charge >= 0.3 is 0 Å². The van der Waals surface area contributed by atoms with Gasteiger partial charge in [0.05, 0.1) is 12.0 Å². The van der Waals surface area contributed by atoms with Gasteiger partial charge in [0.1, 0.15) is 0 Å². The summed E-state index contributed by atoms with van der Waals surface area (Å²) in [6, 6.07) is 8.45. The van der Waals surface area contributed by atoms with E-state index in [0.29, 0.717) is 18.7 Å². The van der Waals surface area contributed by atoms with Crippen molar-refractivity contribution >= 4 is 11.6 Å². The number of carbonyl (C=O) groups is 1. The van der Waals surface area contributed by atoms with Crippen LogP contribution in [0.5, 0.6) is 0 Å². The number of anilines is 1. The van der Waals surface area contributed by atoms with Gasteiger partial charge < -0.3 is 15.4 Å². The van der Waals surface area contributed by atoms with Gasteiger partial charge in [0.2, 0.25) is 5.91 Å². The number of para-hydroxylation sites is 1. The molecule has 2 heterocycles. The Morgan fingerprint density at radius 3 is 3.10 bits per heavy atom. The minimum absolute atomic E-state index is 0.0399. The Bertz CT molecular complexity index is 497. The molecule has 2 aliphatic heterocycles. The predicted molar refractivity (Wildman–Crippen MR) is 83.5 cm³/mol. The van der Waals surface area contributed by atoms with E-state index in [9.17, 15) is 4.79 Å². The van der Waals surface area contributed by atoms with Crippen LogP contribution in [0.2, 0.25) is 0 Å². The van der Waals surface area contributed by atoms with E-state index in [4.69, 9.17) is 4.74 Å². The van der Waals surface area contributed by atoms with Gasteiger partial charge in [-0.25, -0.2) is 0 Å². The highest BCUT2D eigenvalue weighted by atomic mass is 16.5. The third kappa shape index (κ3) is 3.38. The number of carbonyl (C=O) groups excluding carboxylic acids is 1. The topological polar surface area (TPSA) is 50.4 Å². The molecule has 1 aromatic carbocycles. The average molecular weight is 288 g/mol. The first-order valence-electron chi connectivity index (χ1n) is 7.99. The van der Waals surface area contributed by atoms with Gasteiger partial charge in [-0.15, -0.1) is 0 Å². The van der Waals surface area contributed by atoms with Crippen LogP contribution in [-0.4, -0.2) is 31.2 Å². The Kier molecular flexibility index (Phi) is 4.44. The van der Waals surface area contributed by atoms with Crippen molar-refractivity contribution in [3.8, 4) is 0 Å². The molecular formula is C17H24N2O2. The van der Waals surface area contributed by atoms with E-state index in [1.54, 1.807) is 0 Å². The fourth-order valence-corrected chi connectivity index (χ4v) is 3.34. The van der Waals surface area contributed by atoms with Gasteiger partial charge in [0.25, 0.3) is 0 Å². The maximum absolute atomic E-state index is 12.5. The summed E-state index contributed by atoms with van der Waals surface area (Å²) < 4.78 is 5.59. The summed E-state index contributed by atoms with van der Waals surface area (Å²) in [5.41, 5.74) is 2.21. The molecule has 2 N–H and O–H groups in total. The van der Waals surface area contributed by atoms with Crippen LogP contribution in [0.25, 0.3) is 0 Å². The number of rotatable bonds is 4. The largest absolute Gasteiger partial charge is 0.382 e. The first kappa shape index (κ1) is 14.4. The molecule has 3 rings (SSSR count). The van der Waals surface area contributed by atoms with Crippen molar-refractivity contribution in [3.05, 3.63) is 29.8 Å². The van der Waals surface area contributed by atoms with Crippen molar-refractivity contribution in [1.29, 1.82) is 0 Å². The van der Waals surface area contributed by atoms with Gasteiger partial charge in [-0.2, -0.15) is 0 Å². The molecule has 0 bridgehead atoms. The maximum Gasteiger partial charge on any atom is 0.227 e. The van der Waals surface area contributed by atoms with Crippen LogP contribution < -0.4 is 10.6 Å². The number of ether oxygens (including phenoxy) is 1. The van der Waals surface area contributed by atoms with E-state index < -0.39 is 0 Å². The molecule has 2 aliphatic rings. The lowest BCUT2D eigenvalue weighted by atomic mass is 9.87. The van der Waals surface area contributed by atoms with Crippen LogP contribution >= 0.6 is 0 Å². The second-order valence-electron chi connectivity index (χ2n) is 6.14. The summed E-state index contributed by atoms with van der Waals surface area (Å²) in [6.45, 7) is 3.71. The van der Waals surface area contributed by atoms with Gasteiger partial charge in [-0.1, -0.05) is 18.2 Å². The van der Waals surface area contributed by atoms with Crippen LogP contribution in [0, 0.1) is 0 Å². The fraction of sp³-hybridized carbons (Fsp3) is 0.588. The molecule has 1 amide bonds. The Morgan fingerprint density at radius 2 is 2.29 bits per heavy atom. The lowest BCUT2D eigenvalue weighted by molar-refractivity contribution is -0.122. The van der Waals surface area contributed by atoms with Crippen LogP contribution in [0.4, 0.5) is 5.69 Å². The van der Waals surface area contributed by atoms with Crippen molar-refractivity contribution in [2.24, 2.45) is 0 Å². The van der Waals surface area contributed by atoms with E-state index in [-0.39, 0.29) is 11.8 Å². The number of hydrogen-bond donors (Lipinski definition) is 2. The zero-order valence-electron chi connectivity index (χ0n) is 12.6. The highest BCUT2D eigenvalue weighted by molar-refractivity contribution is 5.86. The predicted octanol–water partition coefficient (Wildman–Crippen LogP) is 2.66. The van der Waals surface area contributed by atoms with Crippen LogP contribution in [0.15, 0.2) is 24.3 Å². The minimum Gasteiger partial charge on any atom is -0.382 e. The molecule has 3 atom stereocenters. The molecule has 4 heteroatoms. The van der Waals surface area contributed by atoms with Crippen LogP contribution in [0.3, 0.4) is 0 Å². The second kappa shape index (κ2) is 6.48. The SMILES string of the molecule is CC1CC(C(=O)NCCC2CCCO2)c2ccccc2N1. The number of benzene rings is 1. The lowest BCUT2D eigenvalue weighted by Gasteiger charge is -2.30. The summed E-state index contributed by atoms with van der Waals surface area (Å²) in [7, 11) is 0. The van der Waals surface area contributed by atoms with E-state index >= 15 is 0 Å². The van der Waals surface area contributed by atoms with Crippen LogP contribution in [0.1, 0.15) is 44.1 Å². The monoisotopic (exact) mass is 288 g/mol. The zero-order chi connectivity index (χ0) is 14.7. The molecular weight excluding hydrogens is 264 g/mol. The first-order chi connectivity index (χ1) is 10.2. The number of amides is 1. The molecule has 0 aliphatic carbocycles. The normalized spacial score (nSPS) is 27.8. The molecule has 21 heavy (non-hydrogen) atoms. The molecule has 1 saturated heterocycles. The number of nitrogens with one attached hydrogen (secondary N) is 2. The van der Waals surface area contributed by atoms with Crippen molar-refractivity contribution in [3.63, 3.8) is 0 Å². The smallest absolute Gasteiger partial charge is 0.227 e. The standard InChI is InChI=1S/C17H24N2O2/c1-12-11-15(14-6-2-3-7-16(14)19-12)17(20)18-9-8-13-5-4-10-21-13/h2-3,6-7,12-13,15,19H,4-5,8-11H2,1H3,(H,18,20). The highest BCUT2D eigenvalue weighted by Crippen LogP contribution is 2.34. The molecule has 0 aromatic heterocycles. The van der Waals surface area contributed by atoms with Gasteiger partial charge in [-0.3, -0.25) is 4.79 Å². The van der Waals surface area contributed by atoms with Crippen LogP contribution in [-0.2, 0) is 9.53 Å².